The van der Waals surface area contributed by atoms with E-state index in [2.05, 4.69) is 20.1 Å². The number of nitrogens with zero attached hydrogens (tertiary/aromatic N) is 4. The minimum atomic E-state index is -4.65. The van der Waals surface area contributed by atoms with Crippen LogP contribution in [0.3, 0.4) is 0 Å². The molecule has 0 spiro atoms. The quantitative estimate of drug-likeness (QED) is 0.180. The van der Waals surface area contributed by atoms with Gasteiger partial charge in [0.1, 0.15) is 5.82 Å². The molecule has 0 N–H and O–H groups in total. The fourth-order valence-electron chi connectivity index (χ4n) is 4.49. The standard InChI is InChI=1S/C30H24F4N4O2/c1-17-6-7-23(24(31)9-17)19-11-20(26-14-28(40-38-26)25-5-3-4-8-35-25)13-21(12-19)27(39)10-18(2)22-15-36-29(37-16-22)30(32,33)34/h3-9,11-13,15-16,18,28H,10,14H2,1-2H3/t18-,28?/m0/s1. The molecule has 6 nitrogen and oxygen atoms in total. The van der Waals surface area contributed by atoms with Gasteiger partial charge in [0.2, 0.25) is 5.82 Å². The lowest BCUT2D eigenvalue weighted by Gasteiger charge is -2.14. The molecule has 0 bridgehead atoms. The Balaban J connectivity index is 1.45. The van der Waals surface area contributed by atoms with Crippen LogP contribution in [0.25, 0.3) is 11.1 Å². The Kier molecular flexibility index (Phi) is 7.42. The van der Waals surface area contributed by atoms with E-state index in [1.54, 1.807) is 56.4 Å². The van der Waals surface area contributed by atoms with Gasteiger partial charge in [0, 0.05) is 48.1 Å². The Morgan fingerprint density at radius 2 is 1.77 bits per heavy atom. The van der Waals surface area contributed by atoms with Crippen molar-refractivity contribution in [3.05, 3.63) is 113 Å². The van der Waals surface area contributed by atoms with Crippen LogP contribution in [0.4, 0.5) is 17.6 Å². The first-order valence-corrected chi connectivity index (χ1v) is 12.6. The average Bonchev–Trinajstić information content (AvgIpc) is 3.43. The highest BCUT2D eigenvalue weighted by atomic mass is 19.4. The molecule has 1 aliphatic rings. The number of carbonyl (C=O) groups excluding carboxylic acids is 1. The number of hydrogen-bond donors (Lipinski definition) is 0. The van der Waals surface area contributed by atoms with Crippen molar-refractivity contribution in [3.8, 4) is 11.1 Å². The molecule has 2 aromatic carbocycles. The maximum Gasteiger partial charge on any atom is 0.451 e. The monoisotopic (exact) mass is 548 g/mol. The minimum Gasteiger partial charge on any atom is -0.385 e. The second kappa shape index (κ2) is 11.0. The summed E-state index contributed by atoms with van der Waals surface area (Å²) in [4.78, 5) is 30.2. The molecule has 4 aromatic rings. The second-order valence-electron chi connectivity index (χ2n) is 9.74. The summed E-state index contributed by atoms with van der Waals surface area (Å²) < 4.78 is 53.5. The number of halogens is 4. The van der Waals surface area contributed by atoms with Gasteiger partial charge >= 0.3 is 6.18 Å². The summed E-state index contributed by atoms with van der Waals surface area (Å²) in [6, 6.07) is 15.4. The highest BCUT2D eigenvalue weighted by Gasteiger charge is 2.34. The third-order valence-electron chi connectivity index (χ3n) is 6.70. The number of aryl methyl sites for hydroxylation is 1. The largest absolute Gasteiger partial charge is 0.451 e. The third-order valence-corrected chi connectivity index (χ3v) is 6.70. The van der Waals surface area contributed by atoms with Crippen LogP contribution in [-0.4, -0.2) is 26.4 Å². The van der Waals surface area contributed by atoms with Crippen LogP contribution < -0.4 is 0 Å². The van der Waals surface area contributed by atoms with E-state index in [9.17, 15) is 22.4 Å². The molecule has 0 saturated carbocycles. The molecule has 0 radical (unpaired) electrons. The van der Waals surface area contributed by atoms with Crippen molar-refractivity contribution in [3.63, 3.8) is 0 Å². The lowest BCUT2D eigenvalue weighted by atomic mass is 9.90. The van der Waals surface area contributed by atoms with Crippen LogP contribution in [0.5, 0.6) is 0 Å². The van der Waals surface area contributed by atoms with E-state index >= 15 is 0 Å². The van der Waals surface area contributed by atoms with E-state index < -0.39 is 29.8 Å². The van der Waals surface area contributed by atoms with Crippen molar-refractivity contribution in [1.29, 1.82) is 0 Å². The van der Waals surface area contributed by atoms with Gasteiger partial charge in [-0.2, -0.15) is 13.2 Å². The third kappa shape index (κ3) is 5.90. The predicted octanol–water partition coefficient (Wildman–Crippen LogP) is 7.25. The Bertz CT molecular complexity index is 1570. The zero-order valence-electron chi connectivity index (χ0n) is 21.6. The summed E-state index contributed by atoms with van der Waals surface area (Å²) in [6.45, 7) is 3.49. The minimum absolute atomic E-state index is 0.0203. The Morgan fingerprint density at radius 1 is 1.02 bits per heavy atom. The predicted molar refractivity (Wildman–Crippen MR) is 140 cm³/mol. The molecule has 0 fully saturated rings. The fourth-order valence-corrected chi connectivity index (χ4v) is 4.49. The summed E-state index contributed by atoms with van der Waals surface area (Å²) in [5, 5.41) is 4.24. The van der Waals surface area contributed by atoms with Crippen molar-refractivity contribution in [2.45, 2.75) is 44.9 Å². The van der Waals surface area contributed by atoms with Crippen LogP contribution in [0.15, 0.2) is 78.3 Å². The topological polar surface area (TPSA) is 77.3 Å². The van der Waals surface area contributed by atoms with Gasteiger partial charge in [0.15, 0.2) is 11.9 Å². The highest BCUT2D eigenvalue weighted by Crippen LogP contribution is 2.33. The number of hydrogen-bond acceptors (Lipinski definition) is 6. The number of benzene rings is 2. The van der Waals surface area contributed by atoms with Crippen molar-refractivity contribution in [1.82, 2.24) is 15.0 Å². The van der Waals surface area contributed by atoms with Gasteiger partial charge in [-0.05, 0) is 65.9 Å². The second-order valence-corrected chi connectivity index (χ2v) is 9.74. The maximum atomic E-state index is 15.0. The number of pyridine rings is 1. The molecule has 2 aromatic heterocycles. The van der Waals surface area contributed by atoms with Crippen LogP contribution in [0, 0.1) is 12.7 Å². The molecule has 0 amide bonds. The van der Waals surface area contributed by atoms with Gasteiger partial charge in [-0.25, -0.2) is 14.4 Å². The zero-order valence-corrected chi connectivity index (χ0v) is 21.6. The summed E-state index contributed by atoms with van der Waals surface area (Å²) in [5.74, 6) is -2.40. The molecule has 40 heavy (non-hydrogen) atoms. The number of carbonyl (C=O) groups is 1. The van der Waals surface area contributed by atoms with Gasteiger partial charge in [-0.3, -0.25) is 9.78 Å². The summed E-state index contributed by atoms with van der Waals surface area (Å²) >= 11 is 0. The number of ketones is 1. The van der Waals surface area contributed by atoms with E-state index in [0.29, 0.717) is 45.6 Å². The van der Waals surface area contributed by atoms with Gasteiger partial charge in [0.05, 0.1) is 11.4 Å². The van der Waals surface area contributed by atoms with E-state index in [1.807, 2.05) is 12.1 Å². The van der Waals surface area contributed by atoms with Gasteiger partial charge < -0.3 is 4.84 Å². The lowest BCUT2D eigenvalue weighted by molar-refractivity contribution is -0.145. The highest BCUT2D eigenvalue weighted by molar-refractivity contribution is 6.06. The Hall–Kier alpha value is -4.47. The summed E-state index contributed by atoms with van der Waals surface area (Å²) in [7, 11) is 0. The van der Waals surface area contributed by atoms with Gasteiger partial charge in [-0.1, -0.05) is 30.3 Å². The van der Waals surface area contributed by atoms with Crippen molar-refractivity contribution in [2.75, 3.05) is 0 Å². The van der Waals surface area contributed by atoms with Gasteiger partial charge in [-0.15, -0.1) is 0 Å². The van der Waals surface area contributed by atoms with E-state index in [4.69, 9.17) is 4.84 Å². The average molecular weight is 549 g/mol. The lowest BCUT2D eigenvalue weighted by Crippen LogP contribution is -2.12. The maximum absolute atomic E-state index is 15.0. The normalized spacial score (nSPS) is 15.8. The number of oxime groups is 1. The Labute approximate surface area is 227 Å². The molecule has 1 unspecified atom stereocenters. The number of Topliss-reactive ketones (excluding diaryl/α,β-unsaturated/α-hetero) is 1. The molecular weight excluding hydrogens is 524 g/mol. The first kappa shape index (κ1) is 27.1. The molecule has 204 valence electrons. The van der Waals surface area contributed by atoms with E-state index in [-0.39, 0.29) is 12.2 Å². The first-order chi connectivity index (χ1) is 19.1. The Morgan fingerprint density at radius 3 is 2.45 bits per heavy atom. The molecule has 0 aliphatic carbocycles. The summed E-state index contributed by atoms with van der Waals surface area (Å²) in [5.41, 5.74) is 4.19. The van der Waals surface area contributed by atoms with Crippen LogP contribution in [-0.2, 0) is 11.0 Å². The molecular formula is C30H24F4N4O2. The molecule has 0 saturated heterocycles. The number of aromatic nitrogens is 3. The molecule has 3 heterocycles. The smallest absolute Gasteiger partial charge is 0.385 e. The number of alkyl halides is 3. The first-order valence-electron chi connectivity index (χ1n) is 12.6. The van der Waals surface area contributed by atoms with Crippen molar-refractivity contribution < 1.29 is 27.2 Å². The van der Waals surface area contributed by atoms with Crippen molar-refractivity contribution in [2.24, 2.45) is 5.16 Å². The van der Waals surface area contributed by atoms with Crippen LogP contribution >= 0.6 is 0 Å². The number of rotatable bonds is 7. The molecule has 2 atom stereocenters. The van der Waals surface area contributed by atoms with Crippen LogP contribution in [0.2, 0.25) is 0 Å². The van der Waals surface area contributed by atoms with E-state index in [1.165, 1.54) is 6.07 Å². The van der Waals surface area contributed by atoms with Crippen LogP contribution in [0.1, 0.15) is 70.4 Å². The van der Waals surface area contributed by atoms with E-state index in [0.717, 1.165) is 18.0 Å². The molecule has 10 heteroatoms. The molecule has 1 aliphatic heterocycles. The summed E-state index contributed by atoms with van der Waals surface area (Å²) in [6.07, 6.45) is -0.829. The fraction of sp³-hybridized carbons (Fsp3) is 0.233. The zero-order chi connectivity index (χ0) is 28.4. The SMILES string of the molecule is Cc1ccc(-c2cc(C(=O)C[C@H](C)c3cnc(C(F)(F)F)nc3)cc(C3=NOC(c4ccccn4)C3)c2)c(F)c1. The molecule has 5 rings (SSSR count). The van der Waals surface area contributed by atoms with Crippen molar-refractivity contribution >= 4 is 11.5 Å². The van der Waals surface area contributed by atoms with Gasteiger partial charge in [0.25, 0.3) is 0 Å².